The monoisotopic (exact) mass is 492 g/mol. The normalized spacial score (nSPS) is 16.7. The van der Waals surface area contributed by atoms with Crippen LogP contribution in [0.1, 0.15) is 0 Å². The highest BCUT2D eigenvalue weighted by molar-refractivity contribution is 6.42. The Morgan fingerprint density at radius 3 is 2.73 bits per heavy atom. The van der Waals surface area contributed by atoms with E-state index in [0.29, 0.717) is 59.3 Å². The van der Waals surface area contributed by atoms with Crippen molar-refractivity contribution in [1.29, 1.82) is 0 Å². The molecule has 1 N–H and O–H groups in total. The molecule has 0 spiro atoms. The molecule has 176 valence electrons. The SMILES string of the molecule is COCCOc1cc2c(Nc3ccc(Cl)c(Cl)c3)ncnc2cc1OCC1CN(C)CCO1. The number of nitrogens with one attached hydrogen (secondary N) is 1. The summed E-state index contributed by atoms with van der Waals surface area (Å²) in [5.41, 5.74) is 1.47. The molecule has 33 heavy (non-hydrogen) atoms. The van der Waals surface area contributed by atoms with Gasteiger partial charge in [0, 0.05) is 37.3 Å². The van der Waals surface area contributed by atoms with Gasteiger partial charge in [-0.2, -0.15) is 0 Å². The highest BCUT2D eigenvalue weighted by Gasteiger charge is 2.20. The lowest BCUT2D eigenvalue weighted by Crippen LogP contribution is -2.42. The number of halogens is 2. The van der Waals surface area contributed by atoms with Crippen LogP contribution in [-0.4, -0.2) is 74.6 Å². The summed E-state index contributed by atoms with van der Waals surface area (Å²) in [4.78, 5) is 11.1. The summed E-state index contributed by atoms with van der Waals surface area (Å²) in [5.74, 6) is 1.78. The molecule has 10 heteroatoms. The first kappa shape index (κ1) is 23.8. The summed E-state index contributed by atoms with van der Waals surface area (Å²) < 4.78 is 23.0. The van der Waals surface area contributed by atoms with Crippen molar-refractivity contribution in [2.45, 2.75) is 6.10 Å². The average Bonchev–Trinajstić information content (AvgIpc) is 2.80. The largest absolute Gasteiger partial charge is 0.487 e. The molecule has 1 fully saturated rings. The molecule has 2 heterocycles. The Labute approximate surface area is 202 Å². The van der Waals surface area contributed by atoms with E-state index in [1.165, 1.54) is 6.33 Å². The van der Waals surface area contributed by atoms with E-state index < -0.39 is 0 Å². The van der Waals surface area contributed by atoms with Crippen LogP contribution in [0.5, 0.6) is 11.5 Å². The zero-order valence-corrected chi connectivity index (χ0v) is 20.0. The maximum atomic E-state index is 6.16. The summed E-state index contributed by atoms with van der Waals surface area (Å²) >= 11 is 12.2. The minimum atomic E-state index is -0.0106. The molecule has 1 saturated heterocycles. The Bertz CT molecular complexity index is 1100. The molecule has 4 rings (SSSR count). The van der Waals surface area contributed by atoms with Crippen molar-refractivity contribution >= 4 is 45.6 Å². The topological polar surface area (TPSA) is 78.0 Å². The van der Waals surface area contributed by atoms with Gasteiger partial charge in [0.1, 0.15) is 31.5 Å². The number of ether oxygens (including phenoxy) is 4. The Morgan fingerprint density at radius 2 is 1.94 bits per heavy atom. The van der Waals surface area contributed by atoms with Crippen LogP contribution in [-0.2, 0) is 9.47 Å². The van der Waals surface area contributed by atoms with E-state index in [0.717, 1.165) is 24.2 Å². The molecule has 1 aliphatic heterocycles. The second-order valence-electron chi connectivity index (χ2n) is 7.70. The number of benzene rings is 2. The molecule has 1 unspecified atom stereocenters. The number of aromatic nitrogens is 2. The number of hydrogen-bond donors (Lipinski definition) is 1. The van der Waals surface area contributed by atoms with Crippen LogP contribution in [0, 0.1) is 0 Å². The molecule has 0 aliphatic carbocycles. The third kappa shape index (κ3) is 6.16. The van der Waals surface area contributed by atoms with Gasteiger partial charge in [0.2, 0.25) is 0 Å². The van der Waals surface area contributed by atoms with Gasteiger partial charge in [-0.05, 0) is 31.3 Å². The molecule has 1 aromatic heterocycles. The summed E-state index contributed by atoms with van der Waals surface area (Å²) in [6.07, 6.45) is 1.49. The summed E-state index contributed by atoms with van der Waals surface area (Å²) in [5, 5.41) is 4.99. The summed E-state index contributed by atoms with van der Waals surface area (Å²) in [6.45, 7) is 3.67. The van der Waals surface area contributed by atoms with Crippen LogP contribution in [0.4, 0.5) is 11.5 Å². The van der Waals surface area contributed by atoms with Crippen LogP contribution in [0.2, 0.25) is 10.0 Å². The van der Waals surface area contributed by atoms with E-state index in [1.807, 2.05) is 18.2 Å². The highest BCUT2D eigenvalue weighted by atomic mass is 35.5. The second-order valence-corrected chi connectivity index (χ2v) is 8.51. The van der Waals surface area contributed by atoms with Gasteiger partial charge in [-0.15, -0.1) is 0 Å². The van der Waals surface area contributed by atoms with E-state index in [9.17, 15) is 0 Å². The van der Waals surface area contributed by atoms with Gasteiger partial charge in [0.05, 0.1) is 28.8 Å². The van der Waals surface area contributed by atoms with Crippen molar-refractivity contribution in [2.24, 2.45) is 0 Å². The Morgan fingerprint density at radius 1 is 1.09 bits per heavy atom. The Hall–Kier alpha value is -2.36. The van der Waals surface area contributed by atoms with Crippen LogP contribution in [0.15, 0.2) is 36.7 Å². The average molecular weight is 493 g/mol. The van der Waals surface area contributed by atoms with Crippen molar-refractivity contribution in [3.8, 4) is 11.5 Å². The molecule has 3 aromatic rings. The first-order chi connectivity index (χ1) is 16.0. The number of rotatable bonds is 9. The van der Waals surface area contributed by atoms with Crippen LogP contribution < -0.4 is 14.8 Å². The van der Waals surface area contributed by atoms with Gasteiger partial charge in [-0.1, -0.05) is 23.2 Å². The second kappa shape index (κ2) is 11.2. The van der Waals surface area contributed by atoms with Gasteiger partial charge in [0.15, 0.2) is 11.5 Å². The number of methoxy groups -OCH3 is 1. The van der Waals surface area contributed by atoms with Crippen molar-refractivity contribution in [3.63, 3.8) is 0 Å². The number of nitrogens with zero attached hydrogens (tertiary/aromatic N) is 3. The molecule has 0 amide bonds. The van der Waals surface area contributed by atoms with E-state index in [4.69, 9.17) is 42.1 Å². The van der Waals surface area contributed by atoms with E-state index in [1.54, 1.807) is 19.2 Å². The molecule has 1 aliphatic rings. The molecule has 2 aromatic carbocycles. The third-order valence-electron chi connectivity index (χ3n) is 5.19. The predicted octanol–water partition coefficient (Wildman–Crippen LogP) is 4.41. The first-order valence-corrected chi connectivity index (χ1v) is 11.3. The van der Waals surface area contributed by atoms with Gasteiger partial charge in [-0.3, -0.25) is 0 Å². The molecular formula is C23H26Cl2N4O4. The van der Waals surface area contributed by atoms with Crippen molar-refractivity contribution in [1.82, 2.24) is 14.9 Å². The minimum Gasteiger partial charge on any atom is -0.487 e. The number of fused-ring (bicyclic) bond motifs is 1. The van der Waals surface area contributed by atoms with E-state index in [-0.39, 0.29) is 6.10 Å². The molecule has 0 saturated carbocycles. The molecule has 0 radical (unpaired) electrons. The van der Waals surface area contributed by atoms with Crippen LogP contribution in [0.25, 0.3) is 10.9 Å². The molecule has 8 nitrogen and oxygen atoms in total. The van der Waals surface area contributed by atoms with Crippen LogP contribution in [0.3, 0.4) is 0 Å². The van der Waals surface area contributed by atoms with Gasteiger partial charge >= 0.3 is 0 Å². The van der Waals surface area contributed by atoms with E-state index >= 15 is 0 Å². The lowest BCUT2D eigenvalue weighted by molar-refractivity contribution is -0.0407. The predicted molar refractivity (Wildman–Crippen MR) is 129 cm³/mol. The first-order valence-electron chi connectivity index (χ1n) is 10.6. The number of likely N-dealkylation sites (N-methyl/N-ethyl adjacent to an activating group) is 1. The maximum absolute atomic E-state index is 6.16. The van der Waals surface area contributed by atoms with E-state index in [2.05, 4.69) is 27.2 Å². The summed E-state index contributed by atoms with van der Waals surface area (Å²) in [6, 6.07) is 9.02. The highest BCUT2D eigenvalue weighted by Crippen LogP contribution is 2.36. The maximum Gasteiger partial charge on any atom is 0.163 e. The smallest absolute Gasteiger partial charge is 0.163 e. The lowest BCUT2D eigenvalue weighted by Gasteiger charge is -2.30. The third-order valence-corrected chi connectivity index (χ3v) is 5.93. The zero-order valence-electron chi connectivity index (χ0n) is 18.5. The lowest BCUT2D eigenvalue weighted by atomic mass is 10.2. The Balaban J connectivity index is 1.61. The number of hydrogen-bond acceptors (Lipinski definition) is 8. The van der Waals surface area contributed by atoms with Gasteiger partial charge < -0.3 is 29.2 Å². The minimum absolute atomic E-state index is 0.0106. The fraction of sp³-hybridized carbons (Fsp3) is 0.391. The number of anilines is 2. The van der Waals surface area contributed by atoms with Gasteiger partial charge in [-0.25, -0.2) is 9.97 Å². The van der Waals surface area contributed by atoms with Crippen molar-refractivity contribution in [3.05, 3.63) is 46.7 Å². The van der Waals surface area contributed by atoms with Crippen molar-refractivity contribution < 1.29 is 18.9 Å². The van der Waals surface area contributed by atoms with Crippen LogP contribution >= 0.6 is 23.2 Å². The standard InChI is InChI=1S/C23H26Cl2N4O4/c1-29-5-6-31-16(12-29)13-33-22-11-20-17(10-21(22)32-8-7-30-2)23(27-14-26-20)28-15-3-4-18(24)19(25)9-15/h3-4,9-11,14,16H,5-8,12-13H2,1-2H3,(H,26,27,28). The van der Waals surface area contributed by atoms with Gasteiger partial charge in [0.25, 0.3) is 0 Å². The van der Waals surface area contributed by atoms with Crippen molar-refractivity contribution in [2.75, 3.05) is 59.0 Å². The zero-order chi connectivity index (χ0) is 23.2. The molecular weight excluding hydrogens is 467 g/mol. The fourth-order valence-electron chi connectivity index (χ4n) is 3.49. The number of morpholine rings is 1. The Kier molecular flexibility index (Phi) is 8.06. The quantitative estimate of drug-likeness (QED) is 0.440. The summed E-state index contributed by atoms with van der Waals surface area (Å²) in [7, 11) is 3.70. The molecule has 1 atom stereocenters. The fourth-order valence-corrected chi connectivity index (χ4v) is 3.78. The molecule has 0 bridgehead atoms.